The van der Waals surface area contributed by atoms with Gasteiger partial charge in [-0.25, -0.2) is 0 Å². The molecule has 1 saturated heterocycles. The number of ether oxygens (including phenoxy) is 2. The van der Waals surface area contributed by atoms with E-state index in [1.807, 2.05) is 6.08 Å². The molecule has 1 rings (SSSR count). The van der Waals surface area contributed by atoms with Crippen LogP contribution in [0.2, 0.25) is 0 Å². The fourth-order valence-corrected chi connectivity index (χ4v) is 8.67. The predicted molar refractivity (Wildman–Crippen MR) is 290 cm³/mol. The zero-order valence-electron chi connectivity index (χ0n) is 44.3. The second-order valence-corrected chi connectivity index (χ2v) is 19.7. The summed E-state index contributed by atoms with van der Waals surface area (Å²) in [5.74, 6) is -0.204. The molecular weight excluding hydrogens is 863 g/mol. The molecule has 1 amide bonds. The molecule has 0 aliphatic carbocycles. The molecule has 1 aliphatic heterocycles. The fourth-order valence-electron chi connectivity index (χ4n) is 8.67. The molecule has 0 spiro atoms. The highest BCUT2D eigenvalue weighted by Gasteiger charge is 2.44. The number of carbonyl (C=O) groups excluding carboxylic acids is 1. The Hall–Kier alpha value is -2.37. The highest BCUT2D eigenvalue weighted by molar-refractivity contribution is 5.76. The quantitative estimate of drug-likeness (QED) is 0.0261. The maximum atomic E-state index is 13.0. The Morgan fingerprint density at radius 2 is 0.870 bits per heavy atom. The lowest BCUT2D eigenvalue weighted by Gasteiger charge is -2.40. The van der Waals surface area contributed by atoms with Gasteiger partial charge in [-0.05, 0) is 83.5 Å². The highest BCUT2D eigenvalue weighted by atomic mass is 16.7. The molecular formula is C60H107NO8. The lowest BCUT2D eigenvalue weighted by molar-refractivity contribution is -0.302. The minimum Gasteiger partial charge on any atom is -0.394 e. The number of rotatable bonds is 48. The summed E-state index contributed by atoms with van der Waals surface area (Å²) in [5, 5.41) is 54.5. The number of hydrogen-bond donors (Lipinski definition) is 6. The average molecular weight is 971 g/mol. The number of carbonyl (C=O) groups is 1. The molecule has 400 valence electrons. The Labute approximate surface area is 423 Å². The predicted octanol–water partition coefficient (Wildman–Crippen LogP) is 14.1. The molecule has 9 heteroatoms. The zero-order chi connectivity index (χ0) is 50.1. The van der Waals surface area contributed by atoms with Crippen molar-refractivity contribution >= 4 is 5.91 Å². The van der Waals surface area contributed by atoms with Crippen molar-refractivity contribution in [2.45, 2.75) is 288 Å². The smallest absolute Gasteiger partial charge is 0.220 e. The van der Waals surface area contributed by atoms with E-state index in [-0.39, 0.29) is 12.5 Å². The van der Waals surface area contributed by atoms with E-state index in [0.717, 1.165) is 83.5 Å². The van der Waals surface area contributed by atoms with Gasteiger partial charge in [0.15, 0.2) is 6.29 Å². The van der Waals surface area contributed by atoms with Crippen LogP contribution in [0.1, 0.15) is 245 Å². The van der Waals surface area contributed by atoms with Crippen molar-refractivity contribution in [1.82, 2.24) is 5.32 Å². The standard InChI is InChI=1S/C60H107NO8/c1-3-5-7-9-11-13-15-17-19-21-23-25-26-27-28-30-31-33-35-37-39-41-43-45-47-49-54(63)53(52-68-60-59(67)58(66)57(65)55(51-62)69-60)61-56(64)50-48-46-44-42-40-38-36-34-32-29-24-22-20-18-16-14-12-10-8-6-4-2/h16,18,22,24,31-34,39,41,47,49,53-55,57-60,62-63,65-67H,3-15,17,19-21,23,25-30,35-38,40,42-46,48,50-52H2,1-2H3,(H,61,64)/b18-16-,24-22-,33-31+,34-32-,41-39+,49-47+. The van der Waals surface area contributed by atoms with Gasteiger partial charge >= 0.3 is 0 Å². The normalized spacial score (nSPS) is 20.0. The number of allylic oxidation sites excluding steroid dienone is 11. The molecule has 7 atom stereocenters. The molecule has 1 aliphatic rings. The Morgan fingerprint density at radius 3 is 1.32 bits per heavy atom. The summed E-state index contributed by atoms with van der Waals surface area (Å²) in [4.78, 5) is 13.0. The molecule has 0 aromatic rings. The fraction of sp³-hybridized carbons (Fsp3) is 0.783. The molecule has 0 aromatic carbocycles. The van der Waals surface area contributed by atoms with Crippen LogP contribution in [0.5, 0.6) is 0 Å². The van der Waals surface area contributed by atoms with Crippen LogP contribution in [0.4, 0.5) is 0 Å². The molecule has 0 saturated carbocycles. The van der Waals surface area contributed by atoms with E-state index >= 15 is 0 Å². The summed E-state index contributed by atoms with van der Waals surface area (Å²) < 4.78 is 11.2. The van der Waals surface area contributed by atoms with Gasteiger partial charge in [0.25, 0.3) is 0 Å². The number of nitrogens with one attached hydrogen (secondary N) is 1. The molecule has 69 heavy (non-hydrogen) atoms. The van der Waals surface area contributed by atoms with Gasteiger partial charge in [0.05, 0.1) is 25.4 Å². The van der Waals surface area contributed by atoms with Crippen LogP contribution in [0, 0.1) is 0 Å². The van der Waals surface area contributed by atoms with E-state index in [1.165, 1.54) is 141 Å². The Morgan fingerprint density at radius 1 is 0.493 bits per heavy atom. The van der Waals surface area contributed by atoms with Crippen molar-refractivity contribution in [1.29, 1.82) is 0 Å². The van der Waals surface area contributed by atoms with E-state index in [4.69, 9.17) is 9.47 Å². The number of amides is 1. The number of unbranched alkanes of at least 4 members (excludes halogenated alkanes) is 28. The van der Waals surface area contributed by atoms with Crippen LogP contribution in [0.15, 0.2) is 72.9 Å². The van der Waals surface area contributed by atoms with Crippen LogP contribution in [0.3, 0.4) is 0 Å². The summed E-state index contributed by atoms with van der Waals surface area (Å²) in [6.07, 6.45) is 61.1. The summed E-state index contributed by atoms with van der Waals surface area (Å²) >= 11 is 0. The van der Waals surface area contributed by atoms with Crippen LogP contribution < -0.4 is 5.32 Å². The van der Waals surface area contributed by atoms with Crippen molar-refractivity contribution in [2.75, 3.05) is 13.2 Å². The van der Waals surface area contributed by atoms with Gasteiger partial charge in [-0.2, -0.15) is 0 Å². The van der Waals surface area contributed by atoms with Gasteiger partial charge in [-0.1, -0.05) is 228 Å². The van der Waals surface area contributed by atoms with Crippen LogP contribution >= 0.6 is 0 Å². The highest BCUT2D eigenvalue weighted by Crippen LogP contribution is 2.23. The summed E-state index contributed by atoms with van der Waals surface area (Å²) in [7, 11) is 0. The Kier molecular flexibility index (Phi) is 46.1. The summed E-state index contributed by atoms with van der Waals surface area (Å²) in [6.45, 7) is 3.75. The van der Waals surface area contributed by atoms with E-state index in [2.05, 4.69) is 79.9 Å². The molecule has 6 N–H and O–H groups in total. The van der Waals surface area contributed by atoms with Gasteiger partial charge in [0, 0.05) is 6.42 Å². The summed E-state index contributed by atoms with van der Waals surface area (Å²) in [5.41, 5.74) is 0. The first-order chi connectivity index (χ1) is 33.8. The van der Waals surface area contributed by atoms with E-state index in [0.29, 0.717) is 6.42 Å². The average Bonchev–Trinajstić information content (AvgIpc) is 3.35. The second-order valence-electron chi connectivity index (χ2n) is 19.7. The maximum Gasteiger partial charge on any atom is 0.220 e. The van der Waals surface area contributed by atoms with Crippen LogP contribution in [-0.4, -0.2) is 87.5 Å². The molecule has 0 aromatic heterocycles. The van der Waals surface area contributed by atoms with Crippen molar-refractivity contribution in [3.63, 3.8) is 0 Å². The van der Waals surface area contributed by atoms with E-state index in [9.17, 15) is 30.3 Å². The van der Waals surface area contributed by atoms with Crippen molar-refractivity contribution in [2.24, 2.45) is 0 Å². The molecule has 1 heterocycles. The molecule has 1 fully saturated rings. The van der Waals surface area contributed by atoms with Gasteiger partial charge in [-0.3, -0.25) is 4.79 Å². The third-order valence-corrected chi connectivity index (χ3v) is 13.2. The monoisotopic (exact) mass is 970 g/mol. The molecule has 9 nitrogen and oxygen atoms in total. The Bertz CT molecular complexity index is 1310. The van der Waals surface area contributed by atoms with Gasteiger partial charge in [0.1, 0.15) is 24.4 Å². The van der Waals surface area contributed by atoms with Crippen LogP contribution in [0.25, 0.3) is 0 Å². The van der Waals surface area contributed by atoms with Crippen molar-refractivity contribution in [3.8, 4) is 0 Å². The lowest BCUT2D eigenvalue weighted by atomic mass is 9.99. The van der Waals surface area contributed by atoms with E-state index < -0.39 is 49.5 Å². The van der Waals surface area contributed by atoms with Crippen molar-refractivity contribution < 1.29 is 39.8 Å². The van der Waals surface area contributed by atoms with E-state index in [1.54, 1.807) is 6.08 Å². The minimum atomic E-state index is -1.58. The molecule has 7 unspecified atom stereocenters. The van der Waals surface area contributed by atoms with Gasteiger partial charge in [-0.15, -0.1) is 0 Å². The third kappa shape index (κ3) is 38.9. The molecule has 0 bridgehead atoms. The van der Waals surface area contributed by atoms with Crippen molar-refractivity contribution in [3.05, 3.63) is 72.9 Å². The largest absolute Gasteiger partial charge is 0.394 e. The zero-order valence-corrected chi connectivity index (χ0v) is 44.3. The first kappa shape index (κ1) is 64.6. The number of aliphatic hydroxyl groups excluding tert-OH is 5. The second kappa shape index (κ2) is 49.2. The number of hydrogen-bond acceptors (Lipinski definition) is 8. The van der Waals surface area contributed by atoms with Gasteiger partial charge in [0.2, 0.25) is 5.91 Å². The topological polar surface area (TPSA) is 149 Å². The third-order valence-electron chi connectivity index (χ3n) is 13.2. The maximum absolute atomic E-state index is 13.0. The molecule has 0 radical (unpaired) electrons. The lowest BCUT2D eigenvalue weighted by Crippen LogP contribution is -2.60. The Balaban J connectivity index is 2.30. The first-order valence-corrected chi connectivity index (χ1v) is 28.7. The van der Waals surface area contributed by atoms with Gasteiger partial charge < -0.3 is 40.3 Å². The van der Waals surface area contributed by atoms with Crippen LogP contribution in [-0.2, 0) is 14.3 Å². The number of aliphatic hydroxyl groups is 5. The first-order valence-electron chi connectivity index (χ1n) is 28.7. The minimum absolute atomic E-state index is 0.204. The summed E-state index contributed by atoms with van der Waals surface area (Å²) in [6, 6.07) is -0.840. The SMILES string of the molecule is CCCCCCC/C=C\C/C=C\C/C=C\CCCCCCCCC(=O)NC(COC1OC(CO)C(O)C(O)C1O)C(O)/C=C/CC/C=C/CC/C=C/CCCCCCCCCCCCCCCCC.